The maximum absolute atomic E-state index is 13.4. The summed E-state index contributed by atoms with van der Waals surface area (Å²) >= 11 is 1.17. The summed E-state index contributed by atoms with van der Waals surface area (Å²) in [6.07, 6.45) is 1.28. The van der Waals surface area contributed by atoms with Crippen molar-refractivity contribution in [3.05, 3.63) is 137 Å². The molecule has 0 saturated heterocycles. The molecular formula is C32H29N3O3S. The van der Waals surface area contributed by atoms with E-state index in [-0.39, 0.29) is 11.9 Å². The minimum Gasteiger partial charge on any atom is -0.493 e. The molecular weight excluding hydrogens is 506 g/mol. The number of hydrogen-bond acceptors (Lipinski definition) is 6. The van der Waals surface area contributed by atoms with Crippen LogP contribution in [0.3, 0.4) is 0 Å². The normalized spacial score (nSPS) is 11.5. The minimum absolute atomic E-state index is 0.194. The molecule has 0 fully saturated rings. The van der Waals surface area contributed by atoms with Crippen LogP contribution >= 0.6 is 11.5 Å². The van der Waals surface area contributed by atoms with Crippen LogP contribution in [0.1, 0.15) is 44.5 Å². The van der Waals surface area contributed by atoms with Gasteiger partial charge in [-0.3, -0.25) is 4.79 Å². The topological polar surface area (TPSA) is 73.3 Å². The van der Waals surface area contributed by atoms with Crippen LogP contribution in [-0.2, 0) is 12.8 Å². The predicted octanol–water partition coefficient (Wildman–Crippen LogP) is 6.95. The zero-order valence-corrected chi connectivity index (χ0v) is 22.7. The molecule has 1 amide bonds. The average Bonchev–Trinajstić information content (AvgIpc) is 3.41. The molecule has 0 spiro atoms. The van der Waals surface area contributed by atoms with E-state index in [9.17, 15) is 4.79 Å². The third-order valence-electron chi connectivity index (χ3n) is 6.35. The van der Waals surface area contributed by atoms with Gasteiger partial charge in [-0.15, -0.1) is 0 Å². The summed E-state index contributed by atoms with van der Waals surface area (Å²) in [5.74, 6) is 1.39. The van der Waals surface area contributed by atoms with Crippen molar-refractivity contribution in [2.75, 3.05) is 7.11 Å². The number of rotatable bonds is 10. The summed E-state index contributed by atoms with van der Waals surface area (Å²) < 4.78 is 16.0. The molecule has 7 heteroatoms. The molecule has 1 heterocycles. The Morgan fingerprint density at radius 2 is 1.59 bits per heavy atom. The van der Waals surface area contributed by atoms with E-state index in [1.807, 2.05) is 48.5 Å². The summed E-state index contributed by atoms with van der Waals surface area (Å²) in [4.78, 5) is 18.0. The van der Waals surface area contributed by atoms with Gasteiger partial charge in [-0.05, 0) is 48.2 Å². The van der Waals surface area contributed by atoms with Crippen molar-refractivity contribution in [1.82, 2.24) is 14.7 Å². The van der Waals surface area contributed by atoms with E-state index in [0.717, 1.165) is 16.7 Å². The smallest absolute Gasteiger partial charge is 0.298 e. The molecule has 1 N–H and O–H groups in total. The maximum Gasteiger partial charge on any atom is 0.298 e. The Morgan fingerprint density at radius 3 is 2.31 bits per heavy atom. The number of carbonyl (C=O) groups is 1. The number of ether oxygens (including phenoxy) is 2. The van der Waals surface area contributed by atoms with Gasteiger partial charge in [-0.1, -0.05) is 90.5 Å². The second-order valence-corrected chi connectivity index (χ2v) is 9.95. The molecule has 39 heavy (non-hydrogen) atoms. The van der Waals surface area contributed by atoms with E-state index in [1.165, 1.54) is 17.1 Å². The summed E-state index contributed by atoms with van der Waals surface area (Å²) in [7, 11) is 1.57. The predicted molar refractivity (Wildman–Crippen MR) is 154 cm³/mol. The highest BCUT2D eigenvalue weighted by molar-refractivity contribution is 7.07. The van der Waals surface area contributed by atoms with Crippen LogP contribution < -0.4 is 14.8 Å². The number of amides is 1. The Morgan fingerprint density at radius 1 is 0.872 bits per heavy atom. The van der Waals surface area contributed by atoms with Crippen LogP contribution in [0.2, 0.25) is 0 Å². The van der Waals surface area contributed by atoms with Gasteiger partial charge in [0.2, 0.25) is 0 Å². The van der Waals surface area contributed by atoms with Gasteiger partial charge < -0.3 is 14.8 Å². The standard InChI is InChI=1S/C32H29N3O3S/c1-22-13-15-24(16-14-22)20-30-34-32(39-35-30)38-29-21-26(17-18-28(29)37-2)31(36)33-27(25-11-7-4-8-12-25)19-23-9-5-3-6-10-23/h3-18,21,27H,19-20H2,1-2H3,(H,33,36). The van der Waals surface area contributed by atoms with Gasteiger partial charge in [0, 0.05) is 23.5 Å². The Labute approximate surface area is 232 Å². The Hall–Kier alpha value is -4.49. The number of nitrogens with one attached hydrogen (secondary N) is 1. The van der Waals surface area contributed by atoms with E-state index < -0.39 is 0 Å². The van der Waals surface area contributed by atoms with Gasteiger partial charge >= 0.3 is 0 Å². The second-order valence-electron chi connectivity index (χ2n) is 9.23. The molecule has 1 aromatic heterocycles. The van der Waals surface area contributed by atoms with Gasteiger partial charge in [0.15, 0.2) is 17.3 Å². The fourth-order valence-corrected chi connectivity index (χ4v) is 4.82. The lowest BCUT2D eigenvalue weighted by molar-refractivity contribution is 0.0936. The van der Waals surface area contributed by atoms with Gasteiger partial charge in [-0.2, -0.15) is 9.36 Å². The summed E-state index contributed by atoms with van der Waals surface area (Å²) in [5, 5.41) is 3.59. The molecule has 0 aliphatic carbocycles. The van der Waals surface area contributed by atoms with Crippen LogP contribution in [0, 0.1) is 6.92 Å². The number of nitrogens with zero attached hydrogens (tertiary/aromatic N) is 2. The van der Waals surface area contributed by atoms with E-state index in [1.54, 1.807) is 25.3 Å². The molecule has 0 saturated carbocycles. The molecule has 4 aromatic carbocycles. The van der Waals surface area contributed by atoms with Crippen molar-refractivity contribution in [2.24, 2.45) is 0 Å². The summed E-state index contributed by atoms with van der Waals surface area (Å²) in [6, 6.07) is 33.4. The molecule has 0 aliphatic heterocycles. The Balaban J connectivity index is 1.33. The van der Waals surface area contributed by atoms with Gasteiger partial charge in [-0.25, -0.2) is 0 Å². The van der Waals surface area contributed by atoms with Crippen LogP contribution in [-0.4, -0.2) is 22.4 Å². The minimum atomic E-state index is -0.204. The van der Waals surface area contributed by atoms with Crippen molar-refractivity contribution < 1.29 is 14.3 Å². The van der Waals surface area contributed by atoms with Crippen LogP contribution in [0.25, 0.3) is 0 Å². The highest BCUT2D eigenvalue weighted by Crippen LogP contribution is 2.33. The zero-order chi connectivity index (χ0) is 27.0. The zero-order valence-electron chi connectivity index (χ0n) is 21.8. The first-order chi connectivity index (χ1) is 19.1. The first kappa shape index (κ1) is 26.1. The number of aryl methyl sites for hydroxylation is 1. The molecule has 1 unspecified atom stereocenters. The number of carbonyl (C=O) groups excluding carboxylic acids is 1. The maximum atomic E-state index is 13.4. The van der Waals surface area contributed by atoms with Crippen LogP contribution in [0.15, 0.2) is 103 Å². The number of hydrogen-bond donors (Lipinski definition) is 1. The van der Waals surface area contributed by atoms with Crippen LogP contribution in [0.5, 0.6) is 16.7 Å². The lowest BCUT2D eigenvalue weighted by atomic mass is 9.98. The molecule has 6 nitrogen and oxygen atoms in total. The molecule has 196 valence electrons. The molecule has 1 atom stereocenters. The SMILES string of the molecule is COc1ccc(C(=O)NC(Cc2ccccc2)c2ccccc2)cc1Oc1nc(Cc2ccc(C)cc2)ns1. The van der Waals surface area contributed by atoms with E-state index in [4.69, 9.17) is 9.47 Å². The van der Waals surface area contributed by atoms with Gasteiger partial charge in [0.25, 0.3) is 11.1 Å². The van der Waals surface area contributed by atoms with Crippen molar-refractivity contribution in [1.29, 1.82) is 0 Å². The Kier molecular flexibility index (Phi) is 8.29. The van der Waals surface area contributed by atoms with E-state index in [2.05, 4.69) is 58.0 Å². The molecule has 0 bridgehead atoms. The molecule has 5 rings (SSSR count). The van der Waals surface area contributed by atoms with E-state index in [0.29, 0.717) is 40.9 Å². The van der Waals surface area contributed by atoms with Crippen molar-refractivity contribution >= 4 is 17.4 Å². The van der Waals surface area contributed by atoms with Crippen molar-refractivity contribution in [3.8, 4) is 16.7 Å². The van der Waals surface area contributed by atoms with Crippen LogP contribution in [0.4, 0.5) is 0 Å². The lowest BCUT2D eigenvalue weighted by Gasteiger charge is -2.20. The molecule has 0 radical (unpaired) electrons. The number of benzene rings is 4. The fraction of sp³-hybridized carbons (Fsp3) is 0.156. The monoisotopic (exact) mass is 535 g/mol. The first-order valence-corrected chi connectivity index (χ1v) is 13.5. The highest BCUT2D eigenvalue weighted by atomic mass is 32.1. The molecule has 0 aliphatic rings. The number of methoxy groups -OCH3 is 1. The van der Waals surface area contributed by atoms with Crippen molar-refractivity contribution in [2.45, 2.75) is 25.8 Å². The van der Waals surface area contributed by atoms with Gasteiger partial charge in [0.1, 0.15) is 0 Å². The summed E-state index contributed by atoms with van der Waals surface area (Å²) in [5.41, 5.74) is 4.98. The van der Waals surface area contributed by atoms with Crippen molar-refractivity contribution in [3.63, 3.8) is 0 Å². The first-order valence-electron chi connectivity index (χ1n) is 12.7. The fourth-order valence-electron chi connectivity index (χ4n) is 4.26. The summed E-state index contributed by atoms with van der Waals surface area (Å²) in [6.45, 7) is 2.06. The Bertz CT molecular complexity index is 1520. The second kappa shape index (κ2) is 12.4. The average molecular weight is 536 g/mol. The largest absolute Gasteiger partial charge is 0.493 e. The number of aromatic nitrogens is 2. The van der Waals surface area contributed by atoms with E-state index >= 15 is 0 Å². The third-order valence-corrected chi connectivity index (χ3v) is 6.98. The lowest BCUT2D eigenvalue weighted by Crippen LogP contribution is -2.30. The highest BCUT2D eigenvalue weighted by Gasteiger charge is 2.19. The quantitative estimate of drug-likeness (QED) is 0.209. The third kappa shape index (κ3) is 6.89. The molecule has 5 aromatic rings. The van der Waals surface area contributed by atoms with Gasteiger partial charge in [0.05, 0.1) is 13.2 Å².